The third-order valence-corrected chi connectivity index (χ3v) is 6.84. The number of carbonyl (C=O) groups is 1. The van der Waals surface area contributed by atoms with Crippen molar-refractivity contribution in [2.45, 2.75) is 46.0 Å². The molecule has 0 saturated heterocycles. The van der Waals surface area contributed by atoms with E-state index in [2.05, 4.69) is 38.2 Å². The van der Waals surface area contributed by atoms with Crippen LogP contribution in [0.2, 0.25) is 0 Å². The number of hydrogen-bond donors (Lipinski definition) is 0. The Morgan fingerprint density at radius 1 is 1.20 bits per heavy atom. The average molecular weight is 268 g/mol. The molecule has 0 unspecified atom stereocenters. The summed E-state index contributed by atoms with van der Waals surface area (Å²) in [7, 11) is 0. The minimum Gasteiger partial charge on any atom is -0.295 e. The van der Waals surface area contributed by atoms with Gasteiger partial charge in [-0.25, -0.2) is 0 Å². The van der Waals surface area contributed by atoms with E-state index in [0.29, 0.717) is 17.1 Å². The van der Waals surface area contributed by atoms with Crippen LogP contribution in [0, 0.1) is 28.6 Å². The van der Waals surface area contributed by atoms with E-state index in [1.165, 1.54) is 24.8 Å². The van der Waals surface area contributed by atoms with Gasteiger partial charge in [-0.15, -0.1) is 0 Å². The van der Waals surface area contributed by atoms with E-state index in [9.17, 15) is 4.79 Å². The van der Waals surface area contributed by atoms with Crippen molar-refractivity contribution in [2.24, 2.45) is 28.6 Å². The van der Waals surface area contributed by atoms with Crippen LogP contribution in [0.4, 0.5) is 0 Å². The maximum absolute atomic E-state index is 11.7. The van der Waals surface area contributed by atoms with Gasteiger partial charge in [0.05, 0.1) is 0 Å². The first kappa shape index (κ1) is 12.6. The van der Waals surface area contributed by atoms with Crippen LogP contribution in [-0.2, 0) is 4.79 Å². The molecule has 0 heterocycles. The van der Waals surface area contributed by atoms with E-state index >= 15 is 0 Å². The van der Waals surface area contributed by atoms with Gasteiger partial charge in [0.25, 0.3) is 0 Å². The van der Waals surface area contributed by atoms with Crippen molar-refractivity contribution in [1.82, 2.24) is 0 Å². The van der Waals surface area contributed by atoms with E-state index in [-0.39, 0.29) is 5.41 Å². The molecule has 0 aromatic carbocycles. The van der Waals surface area contributed by atoms with Crippen molar-refractivity contribution in [3.05, 3.63) is 36.0 Å². The molecule has 4 aliphatic rings. The minimum absolute atomic E-state index is 0.247. The monoisotopic (exact) mass is 268 g/mol. The lowest BCUT2D eigenvalue weighted by atomic mass is 9.49. The Balaban J connectivity index is 1.76. The molecule has 0 aromatic rings. The average Bonchev–Trinajstić information content (AvgIpc) is 2.81. The fourth-order valence-electron chi connectivity index (χ4n) is 5.48. The van der Waals surface area contributed by atoms with Crippen molar-refractivity contribution in [2.75, 3.05) is 0 Å². The Labute approximate surface area is 121 Å². The second-order valence-corrected chi connectivity index (χ2v) is 7.82. The highest BCUT2D eigenvalue weighted by atomic mass is 16.1. The minimum atomic E-state index is 0.247. The summed E-state index contributed by atoms with van der Waals surface area (Å²) >= 11 is 0. The van der Waals surface area contributed by atoms with Crippen LogP contribution in [0.3, 0.4) is 0 Å². The molecule has 4 rings (SSSR count). The standard InChI is InChI=1S/C19H24O/c1-18-9-3-4-16(18)15-6-5-13-12-14(20)7-11-19(13,2)17(15)8-10-18/h3,5-6,9,12,15-17H,4,7-8,10-11H2,1-2H3/t15-,16-,17-,18-,19-/m0/s1. The molecule has 0 spiro atoms. The molecular weight excluding hydrogens is 244 g/mol. The molecule has 0 N–H and O–H groups in total. The highest BCUT2D eigenvalue weighted by molar-refractivity contribution is 5.92. The zero-order valence-electron chi connectivity index (χ0n) is 12.6. The smallest absolute Gasteiger partial charge is 0.156 e. The van der Waals surface area contributed by atoms with Crippen molar-refractivity contribution < 1.29 is 4.79 Å². The number of carbonyl (C=O) groups excluding carboxylic acids is 1. The molecule has 106 valence electrons. The summed E-state index contributed by atoms with van der Waals surface area (Å²) in [4.78, 5) is 11.7. The molecule has 0 amide bonds. The molecule has 20 heavy (non-hydrogen) atoms. The van der Waals surface area contributed by atoms with Crippen molar-refractivity contribution in [3.63, 3.8) is 0 Å². The summed E-state index contributed by atoms with van der Waals surface area (Å²) in [6.07, 6.45) is 17.2. The van der Waals surface area contributed by atoms with Gasteiger partial charge in [0.2, 0.25) is 0 Å². The molecule has 4 aliphatic carbocycles. The molecule has 0 bridgehead atoms. The van der Waals surface area contributed by atoms with Gasteiger partial charge in [0.1, 0.15) is 0 Å². The maximum Gasteiger partial charge on any atom is 0.156 e. The first-order valence-corrected chi connectivity index (χ1v) is 8.14. The SMILES string of the molecule is C[C@@]12C=CC[C@H]1[C@@H]1C=CC3=CC(=O)CC[C@]3(C)[C@H]1CC2. The molecule has 5 atom stereocenters. The van der Waals surface area contributed by atoms with Gasteiger partial charge >= 0.3 is 0 Å². The summed E-state index contributed by atoms with van der Waals surface area (Å²) in [5, 5.41) is 0. The molecule has 1 nitrogen and oxygen atoms in total. The summed E-state index contributed by atoms with van der Waals surface area (Å²) in [5.41, 5.74) is 1.98. The van der Waals surface area contributed by atoms with Crippen LogP contribution in [-0.4, -0.2) is 5.78 Å². The van der Waals surface area contributed by atoms with Crippen molar-refractivity contribution in [3.8, 4) is 0 Å². The second-order valence-electron chi connectivity index (χ2n) is 7.82. The van der Waals surface area contributed by atoms with E-state index < -0.39 is 0 Å². The van der Waals surface area contributed by atoms with Crippen LogP contribution >= 0.6 is 0 Å². The first-order chi connectivity index (χ1) is 9.53. The largest absolute Gasteiger partial charge is 0.295 e. The van der Waals surface area contributed by atoms with Gasteiger partial charge in [-0.1, -0.05) is 38.2 Å². The molecule has 1 fully saturated rings. The summed E-state index contributed by atoms with van der Waals surface area (Å²) in [5.74, 6) is 2.56. The Bertz CT molecular complexity index is 552. The van der Waals surface area contributed by atoms with Gasteiger partial charge < -0.3 is 0 Å². The summed E-state index contributed by atoms with van der Waals surface area (Å²) in [6, 6.07) is 0. The highest BCUT2D eigenvalue weighted by Gasteiger charge is 2.53. The number of ketones is 1. The Morgan fingerprint density at radius 3 is 2.90 bits per heavy atom. The summed E-state index contributed by atoms with van der Waals surface area (Å²) in [6.45, 7) is 4.86. The van der Waals surface area contributed by atoms with Gasteiger partial charge in [-0.05, 0) is 65.9 Å². The molecule has 1 heteroatoms. The zero-order chi connectivity index (χ0) is 14.0. The zero-order valence-corrected chi connectivity index (χ0v) is 12.6. The van der Waals surface area contributed by atoms with E-state index in [0.717, 1.165) is 24.7 Å². The van der Waals surface area contributed by atoms with Crippen LogP contribution in [0.5, 0.6) is 0 Å². The van der Waals surface area contributed by atoms with Crippen LogP contribution in [0.25, 0.3) is 0 Å². The van der Waals surface area contributed by atoms with E-state index in [1.807, 2.05) is 6.08 Å². The van der Waals surface area contributed by atoms with Crippen LogP contribution in [0.15, 0.2) is 36.0 Å². The van der Waals surface area contributed by atoms with E-state index in [1.54, 1.807) is 0 Å². The molecule has 0 aliphatic heterocycles. The Morgan fingerprint density at radius 2 is 2.05 bits per heavy atom. The number of fused-ring (bicyclic) bond motifs is 5. The number of rotatable bonds is 0. The normalized spacial score (nSPS) is 49.4. The second kappa shape index (κ2) is 3.96. The van der Waals surface area contributed by atoms with Gasteiger partial charge in [-0.2, -0.15) is 0 Å². The fraction of sp³-hybridized carbons (Fsp3) is 0.632. The van der Waals surface area contributed by atoms with Crippen LogP contribution < -0.4 is 0 Å². The van der Waals surface area contributed by atoms with Crippen LogP contribution in [0.1, 0.15) is 46.0 Å². The van der Waals surface area contributed by atoms with Gasteiger partial charge in [-0.3, -0.25) is 4.79 Å². The van der Waals surface area contributed by atoms with Crippen molar-refractivity contribution in [1.29, 1.82) is 0 Å². The lowest BCUT2D eigenvalue weighted by Crippen LogP contribution is -2.47. The predicted molar refractivity (Wildman–Crippen MR) is 81.1 cm³/mol. The molecule has 0 radical (unpaired) electrons. The highest BCUT2D eigenvalue weighted by Crippen LogP contribution is 2.61. The lowest BCUT2D eigenvalue weighted by molar-refractivity contribution is -0.116. The topological polar surface area (TPSA) is 17.1 Å². The third kappa shape index (κ3) is 1.52. The molecule has 1 saturated carbocycles. The third-order valence-electron chi connectivity index (χ3n) is 6.84. The lowest BCUT2D eigenvalue weighted by Gasteiger charge is -2.54. The van der Waals surface area contributed by atoms with Gasteiger partial charge in [0, 0.05) is 6.42 Å². The Hall–Kier alpha value is -1.11. The number of allylic oxidation sites excluding steroid dienone is 6. The van der Waals surface area contributed by atoms with Gasteiger partial charge in [0.15, 0.2) is 5.78 Å². The van der Waals surface area contributed by atoms with Crippen molar-refractivity contribution >= 4 is 5.78 Å². The summed E-state index contributed by atoms with van der Waals surface area (Å²) < 4.78 is 0. The molecule has 0 aromatic heterocycles. The fourth-order valence-corrected chi connectivity index (χ4v) is 5.48. The molecular formula is C19H24O. The quantitative estimate of drug-likeness (QED) is 0.593. The number of hydrogen-bond acceptors (Lipinski definition) is 1. The Kier molecular flexibility index (Phi) is 2.50. The first-order valence-electron chi connectivity index (χ1n) is 8.14. The predicted octanol–water partition coefficient (Wildman–Crippen LogP) is 4.46. The maximum atomic E-state index is 11.7. The van der Waals surface area contributed by atoms with E-state index in [4.69, 9.17) is 0 Å².